The molecule has 112 valence electrons. The molecule has 4 rings (SSSR count). The van der Waals surface area contributed by atoms with E-state index in [1.165, 1.54) is 25.3 Å². The van der Waals surface area contributed by atoms with E-state index in [4.69, 9.17) is 5.73 Å². The van der Waals surface area contributed by atoms with Gasteiger partial charge in [-0.2, -0.15) is 0 Å². The minimum absolute atomic E-state index is 0.479. The van der Waals surface area contributed by atoms with E-state index in [0.29, 0.717) is 18.1 Å². The van der Waals surface area contributed by atoms with Crippen LogP contribution in [-0.4, -0.2) is 36.1 Å². The maximum Gasteiger partial charge on any atom is 0.163 e. The van der Waals surface area contributed by atoms with Crippen LogP contribution in [0.1, 0.15) is 11.4 Å². The van der Waals surface area contributed by atoms with Gasteiger partial charge in [0.05, 0.1) is 5.69 Å². The molecule has 0 spiro atoms. The Labute approximate surface area is 131 Å². The smallest absolute Gasteiger partial charge is 0.163 e. The lowest BCUT2D eigenvalue weighted by Crippen LogP contribution is -2.44. The van der Waals surface area contributed by atoms with Crippen molar-refractivity contribution < 1.29 is 0 Å². The number of aromatic nitrogens is 6. The summed E-state index contributed by atoms with van der Waals surface area (Å²) in [5, 5.41) is 0. The highest BCUT2D eigenvalue weighted by molar-refractivity contribution is 5.82. The highest BCUT2D eigenvalue weighted by Gasteiger charge is 2.34. The summed E-state index contributed by atoms with van der Waals surface area (Å²) in [5.41, 5.74) is 8.28. The van der Waals surface area contributed by atoms with Gasteiger partial charge in [-0.3, -0.25) is 4.99 Å². The monoisotopic (exact) mass is 304 g/mol. The first-order valence-corrected chi connectivity index (χ1v) is 6.97. The Morgan fingerprint density at radius 1 is 0.913 bits per heavy atom. The summed E-state index contributed by atoms with van der Waals surface area (Å²) in [6.07, 6.45) is 7.97. The Kier molecular flexibility index (Phi) is 3.09. The molecule has 1 aliphatic heterocycles. The molecule has 0 bridgehead atoms. The van der Waals surface area contributed by atoms with E-state index >= 15 is 0 Å². The third-order valence-corrected chi connectivity index (χ3v) is 3.70. The summed E-state index contributed by atoms with van der Waals surface area (Å²) in [7, 11) is 0. The van der Waals surface area contributed by atoms with Gasteiger partial charge in [0, 0.05) is 18.2 Å². The molecule has 1 aliphatic rings. The second kappa shape index (κ2) is 5.25. The van der Waals surface area contributed by atoms with Gasteiger partial charge in [0.25, 0.3) is 0 Å². The van der Waals surface area contributed by atoms with Gasteiger partial charge < -0.3 is 5.73 Å². The van der Waals surface area contributed by atoms with Crippen molar-refractivity contribution in [2.75, 3.05) is 0 Å². The summed E-state index contributed by atoms with van der Waals surface area (Å²) in [5.74, 6) is 1.07. The van der Waals surface area contributed by atoms with Crippen molar-refractivity contribution in [3.05, 3.63) is 54.9 Å². The normalized spacial score (nSPS) is 19.3. The van der Waals surface area contributed by atoms with Crippen molar-refractivity contribution in [3.8, 4) is 11.4 Å². The molecule has 1 atom stereocenters. The number of hydrogen-bond acceptors (Lipinski definition) is 8. The molecule has 0 aliphatic carbocycles. The third kappa shape index (κ3) is 2.34. The second-order valence-electron chi connectivity index (χ2n) is 5.20. The quantitative estimate of drug-likeness (QED) is 0.745. The highest BCUT2D eigenvalue weighted by atomic mass is 15.0. The van der Waals surface area contributed by atoms with Gasteiger partial charge in [-0.15, -0.1) is 0 Å². The molecular formula is C15H12N8. The average molecular weight is 304 g/mol. The van der Waals surface area contributed by atoms with Gasteiger partial charge in [0.15, 0.2) is 11.6 Å². The lowest BCUT2D eigenvalue weighted by atomic mass is 9.86. The molecular weight excluding hydrogens is 292 g/mol. The number of fused-ring (bicyclic) bond motifs is 1. The second-order valence-corrected chi connectivity index (χ2v) is 5.20. The highest BCUT2D eigenvalue weighted by Crippen LogP contribution is 2.36. The SMILES string of the molecule is NC1(c2ncncn2)C=Nc2cccc(-c3ncncn3)c2C1. The van der Waals surface area contributed by atoms with E-state index in [1.807, 2.05) is 18.2 Å². The predicted octanol–water partition coefficient (Wildman–Crippen LogP) is 0.836. The Hall–Kier alpha value is -3.13. The first-order chi connectivity index (χ1) is 11.3. The summed E-state index contributed by atoms with van der Waals surface area (Å²) >= 11 is 0. The fourth-order valence-electron chi connectivity index (χ4n) is 2.61. The van der Waals surface area contributed by atoms with Crippen LogP contribution in [0.3, 0.4) is 0 Å². The van der Waals surface area contributed by atoms with Crippen LogP contribution in [0.2, 0.25) is 0 Å². The van der Waals surface area contributed by atoms with Crippen LogP contribution < -0.4 is 5.73 Å². The average Bonchev–Trinajstić information content (AvgIpc) is 2.63. The number of rotatable bonds is 2. The fourth-order valence-corrected chi connectivity index (χ4v) is 2.61. The summed E-state index contributed by atoms with van der Waals surface area (Å²) in [6, 6.07) is 5.80. The molecule has 0 saturated heterocycles. The number of nitrogens with zero attached hydrogens (tertiary/aromatic N) is 7. The molecule has 2 N–H and O–H groups in total. The zero-order chi connectivity index (χ0) is 15.7. The molecule has 0 fully saturated rings. The topological polar surface area (TPSA) is 116 Å². The van der Waals surface area contributed by atoms with E-state index in [-0.39, 0.29) is 0 Å². The van der Waals surface area contributed by atoms with E-state index in [1.54, 1.807) is 6.21 Å². The van der Waals surface area contributed by atoms with Crippen molar-refractivity contribution >= 4 is 11.9 Å². The zero-order valence-electron chi connectivity index (χ0n) is 12.0. The molecule has 3 heterocycles. The summed E-state index contributed by atoms with van der Waals surface area (Å²) in [4.78, 5) is 29.0. The van der Waals surface area contributed by atoms with Crippen LogP contribution in [0.25, 0.3) is 11.4 Å². The molecule has 0 radical (unpaired) electrons. The fraction of sp³-hybridized carbons (Fsp3) is 0.133. The van der Waals surface area contributed by atoms with Crippen molar-refractivity contribution in [3.63, 3.8) is 0 Å². The molecule has 8 nitrogen and oxygen atoms in total. The Morgan fingerprint density at radius 3 is 2.35 bits per heavy atom. The lowest BCUT2D eigenvalue weighted by Gasteiger charge is -2.28. The van der Waals surface area contributed by atoms with Crippen molar-refractivity contribution in [2.45, 2.75) is 12.0 Å². The minimum atomic E-state index is -0.890. The summed E-state index contributed by atoms with van der Waals surface area (Å²) < 4.78 is 0. The molecule has 8 heteroatoms. The van der Waals surface area contributed by atoms with Gasteiger partial charge in [-0.25, -0.2) is 29.9 Å². The zero-order valence-corrected chi connectivity index (χ0v) is 12.0. The van der Waals surface area contributed by atoms with E-state index < -0.39 is 5.54 Å². The molecule has 0 amide bonds. The van der Waals surface area contributed by atoms with Crippen LogP contribution in [0, 0.1) is 0 Å². The number of benzene rings is 1. The van der Waals surface area contributed by atoms with Gasteiger partial charge in [0.1, 0.15) is 30.8 Å². The van der Waals surface area contributed by atoms with Gasteiger partial charge in [-0.05, 0) is 11.6 Å². The number of hydrogen-bond donors (Lipinski definition) is 1. The first-order valence-electron chi connectivity index (χ1n) is 6.97. The molecule has 1 aromatic carbocycles. The number of aliphatic imine (C=N–C) groups is 1. The van der Waals surface area contributed by atoms with Crippen LogP contribution >= 0.6 is 0 Å². The first kappa shape index (κ1) is 13.5. The predicted molar refractivity (Wildman–Crippen MR) is 82.8 cm³/mol. The van der Waals surface area contributed by atoms with Crippen LogP contribution in [0.4, 0.5) is 5.69 Å². The van der Waals surface area contributed by atoms with Crippen LogP contribution in [0.5, 0.6) is 0 Å². The standard InChI is InChI=1S/C15H12N8/c16-15(14-22-8-18-9-23-14)4-11-10(13-20-6-17-7-21-13)2-1-3-12(11)19-5-15/h1-3,5-9H,4,16H2. The van der Waals surface area contributed by atoms with E-state index in [2.05, 4.69) is 34.9 Å². The van der Waals surface area contributed by atoms with Crippen LogP contribution in [0.15, 0.2) is 48.5 Å². The molecule has 2 aromatic heterocycles. The van der Waals surface area contributed by atoms with Gasteiger partial charge in [0.2, 0.25) is 0 Å². The third-order valence-electron chi connectivity index (χ3n) is 3.70. The Bertz CT molecular complexity index is 865. The molecule has 1 unspecified atom stereocenters. The Balaban J connectivity index is 1.83. The maximum absolute atomic E-state index is 6.49. The molecule has 3 aromatic rings. The van der Waals surface area contributed by atoms with E-state index in [9.17, 15) is 0 Å². The minimum Gasteiger partial charge on any atom is -0.314 e. The molecule has 0 saturated carbocycles. The van der Waals surface area contributed by atoms with Crippen LogP contribution in [-0.2, 0) is 12.0 Å². The van der Waals surface area contributed by atoms with Crippen molar-refractivity contribution in [2.24, 2.45) is 10.7 Å². The largest absolute Gasteiger partial charge is 0.314 e. The number of nitrogens with two attached hydrogens (primary N) is 1. The van der Waals surface area contributed by atoms with Gasteiger partial charge >= 0.3 is 0 Å². The Morgan fingerprint density at radius 2 is 1.61 bits per heavy atom. The maximum atomic E-state index is 6.49. The van der Waals surface area contributed by atoms with Crippen molar-refractivity contribution in [1.29, 1.82) is 0 Å². The van der Waals surface area contributed by atoms with Gasteiger partial charge in [-0.1, -0.05) is 12.1 Å². The van der Waals surface area contributed by atoms with E-state index in [0.717, 1.165) is 16.8 Å². The molecule has 23 heavy (non-hydrogen) atoms. The lowest BCUT2D eigenvalue weighted by molar-refractivity contribution is 0.559. The van der Waals surface area contributed by atoms with Crippen molar-refractivity contribution in [1.82, 2.24) is 29.9 Å². The summed E-state index contributed by atoms with van der Waals surface area (Å²) in [6.45, 7) is 0.